The highest BCUT2D eigenvalue weighted by atomic mass is 35.5. The summed E-state index contributed by atoms with van der Waals surface area (Å²) in [6.45, 7) is 3.24. The molecule has 21 heavy (non-hydrogen) atoms. The first kappa shape index (κ1) is 16.8. The second-order valence-electron chi connectivity index (χ2n) is 4.58. The van der Waals surface area contributed by atoms with Gasteiger partial charge in [0.2, 0.25) is 0 Å². The highest BCUT2D eigenvalue weighted by Crippen LogP contribution is 2.23. The number of urea groups is 1. The minimum absolute atomic E-state index is 0.181. The summed E-state index contributed by atoms with van der Waals surface area (Å²) in [6, 6.07) is 2.79. The van der Waals surface area contributed by atoms with Gasteiger partial charge < -0.3 is 15.6 Å². The Kier molecular flexibility index (Phi) is 5.54. The Morgan fingerprint density at radius 1 is 1.33 bits per heavy atom. The Morgan fingerprint density at radius 2 is 1.95 bits per heavy atom. The number of rotatable bonds is 4. The normalized spacial score (nSPS) is 11.8. The SMILES string of the molecule is CC(C)[C@H](OC(=O)c1cc(Cl)ccc1O)C(=O)NC(N)=O. The Hall–Kier alpha value is -2.28. The summed E-state index contributed by atoms with van der Waals surface area (Å²) in [4.78, 5) is 34.4. The molecule has 0 radical (unpaired) electrons. The van der Waals surface area contributed by atoms with Crippen molar-refractivity contribution in [3.05, 3.63) is 28.8 Å². The fraction of sp³-hybridized carbons (Fsp3) is 0.308. The first-order valence-electron chi connectivity index (χ1n) is 6.02. The molecule has 1 rings (SSSR count). The highest BCUT2D eigenvalue weighted by molar-refractivity contribution is 6.31. The van der Waals surface area contributed by atoms with E-state index in [0.717, 1.165) is 0 Å². The van der Waals surface area contributed by atoms with Crippen molar-refractivity contribution in [1.82, 2.24) is 5.32 Å². The van der Waals surface area contributed by atoms with Gasteiger partial charge in [-0.15, -0.1) is 0 Å². The minimum atomic E-state index is -1.23. The largest absolute Gasteiger partial charge is 0.507 e. The second-order valence-corrected chi connectivity index (χ2v) is 5.02. The van der Waals surface area contributed by atoms with Crippen molar-refractivity contribution in [3.63, 3.8) is 0 Å². The number of phenolic OH excluding ortho intramolecular Hbond substituents is 1. The summed E-state index contributed by atoms with van der Waals surface area (Å²) in [6.07, 6.45) is -1.23. The van der Waals surface area contributed by atoms with E-state index < -0.39 is 29.9 Å². The van der Waals surface area contributed by atoms with E-state index in [2.05, 4.69) is 0 Å². The van der Waals surface area contributed by atoms with Crippen molar-refractivity contribution in [2.45, 2.75) is 20.0 Å². The van der Waals surface area contributed by atoms with E-state index in [-0.39, 0.29) is 16.3 Å². The van der Waals surface area contributed by atoms with Crippen LogP contribution in [0.3, 0.4) is 0 Å². The number of carbonyl (C=O) groups is 3. The quantitative estimate of drug-likeness (QED) is 0.726. The molecule has 0 fully saturated rings. The molecule has 4 N–H and O–H groups in total. The molecule has 0 unspecified atom stereocenters. The number of ether oxygens (including phenoxy) is 1. The van der Waals surface area contributed by atoms with Crippen LogP contribution in [0.15, 0.2) is 18.2 Å². The molecule has 114 valence electrons. The molecule has 0 aliphatic heterocycles. The predicted octanol–water partition coefficient (Wildman–Crippen LogP) is 1.42. The topological polar surface area (TPSA) is 119 Å². The van der Waals surface area contributed by atoms with Crippen LogP contribution in [0.25, 0.3) is 0 Å². The summed E-state index contributed by atoms with van der Waals surface area (Å²) in [7, 11) is 0. The lowest BCUT2D eigenvalue weighted by Crippen LogP contribution is -2.45. The molecule has 8 heteroatoms. The second kappa shape index (κ2) is 6.94. The van der Waals surface area contributed by atoms with Crippen LogP contribution in [-0.4, -0.2) is 29.1 Å². The number of hydrogen-bond donors (Lipinski definition) is 3. The maximum absolute atomic E-state index is 12.0. The fourth-order valence-electron chi connectivity index (χ4n) is 1.54. The molecule has 0 aliphatic rings. The van der Waals surface area contributed by atoms with Crippen molar-refractivity contribution < 1.29 is 24.2 Å². The number of esters is 1. The molecule has 0 aliphatic carbocycles. The highest BCUT2D eigenvalue weighted by Gasteiger charge is 2.28. The Balaban J connectivity index is 2.93. The number of halogens is 1. The van der Waals surface area contributed by atoms with Crippen LogP contribution in [0, 0.1) is 5.92 Å². The summed E-state index contributed by atoms with van der Waals surface area (Å²) < 4.78 is 5.02. The van der Waals surface area contributed by atoms with E-state index in [1.165, 1.54) is 18.2 Å². The smallest absolute Gasteiger partial charge is 0.342 e. The third kappa shape index (κ3) is 4.64. The van der Waals surface area contributed by atoms with Gasteiger partial charge in [-0.25, -0.2) is 9.59 Å². The lowest BCUT2D eigenvalue weighted by Gasteiger charge is -2.20. The van der Waals surface area contributed by atoms with E-state index in [1.54, 1.807) is 13.8 Å². The minimum Gasteiger partial charge on any atom is -0.507 e. The van der Waals surface area contributed by atoms with Gasteiger partial charge in [-0.05, 0) is 24.1 Å². The lowest BCUT2D eigenvalue weighted by atomic mass is 10.1. The molecule has 0 aromatic heterocycles. The number of nitrogens with one attached hydrogen (secondary N) is 1. The predicted molar refractivity (Wildman–Crippen MR) is 74.9 cm³/mol. The van der Waals surface area contributed by atoms with Gasteiger partial charge in [0.1, 0.15) is 11.3 Å². The van der Waals surface area contributed by atoms with E-state index in [1.807, 2.05) is 5.32 Å². The van der Waals surface area contributed by atoms with Gasteiger partial charge in [0.15, 0.2) is 6.10 Å². The summed E-state index contributed by atoms with van der Waals surface area (Å²) in [5.41, 5.74) is 4.67. The van der Waals surface area contributed by atoms with Gasteiger partial charge in [-0.2, -0.15) is 0 Å². The molecule has 1 atom stereocenters. The molecule has 1 aromatic carbocycles. The van der Waals surface area contributed by atoms with Gasteiger partial charge in [0.05, 0.1) is 0 Å². The number of carbonyl (C=O) groups excluding carboxylic acids is 3. The van der Waals surface area contributed by atoms with Crippen LogP contribution in [0.5, 0.6) is 5.75 Å². The first-order valence-corrected chi connectivity index (χ1v) is 6.40. The summed E-state index contributed by atoms with van der Waals surface area (Å²) in [5.74, 6) is -2.52. The number of benzene rings is 1. The molecule has 3 amide bonds. The van der Waals surface area contributed by atoms with E-state index >= 15 is 0 Å². The third-order valence-corrected chi connectivity index (χ3v) is 2.76. The molecule has 0 bridgehead atoms. The van der Waals surface area contributed by atoms with Crippen molar-refractivity contribution in [2.24, 2.45) is 11.7 Å². The number of hydrogen-bond acceptors (Lipinski definition) is 5. The van der Waals surface area contributed by atoms with Crippen molar-refractivity contribution in [1.29, 1.82) is 0 Å². The lowest BCUT2D eigenvalue weighted by molar-refractivity contribution is -0.130. The molecule has 0 spiro atoms. The molecule has 1 aromatic rings. The maximum Gasteiger partial charge on any atom is 0.342 e. The van der Waals surface area contributed by atoms with Crippen molar-refractivity contribution >= 4 is 29.5 Å². The standard InChI is InChI=1S/C13H15ClN2O5/c1-6(2)10(11(18)16-13(15)20)21-12(19)8-5-7(14)3-4-9(8)17/h3-6,10,17H,1-2H3,(H3,15,16,18,20)/t10-/m0/s1. The summed E-state index contributed by atoms with van der Waals surface area (Å²) in [5, 5.41) is 11.7. The number of primary amides is 1. The van der Waals surface area contributed by atoms with Crippen LogP contribution in [0.1, 0.15) is 24.2 Å². The van der Waals surface area contributed by atoms with Crippen LogP contribution >= 0.6 is 11.6 Å². The Bertz CT molecular complexity index is 574. The average Bonchev–Trinajstić information content (AvgIpc) is 2.37. The van der Waals surface area contributed by atoms with Gasteiger partial charge in [-0.3, -0.25) is 10.1 Å². The van der Waals surface area contributed by atoms with E-state index in [9.17, 15) is 19.5 Å². The number of amides is 3. The van der Waals surface area contributed by atoms with Gasteiger partial charge >= 0.3 is 12.0 Å². The van der Waals surface area contributed by atoms with Crippen molar-refractivity contribution in [2.75, 3.05) is 0 Å². The Morgan fingerprint density at radius 3 is 2.48 bits per heavy atom. The van der Waals surface area contributed by atoms with Crippen LogP contribution in [-0.2, 0) is 9.53 Å². The fourth-order valence-corrected chi connectivity index (χ4v) is 1.71. The van der Waals surface area contributed by atoms with Gasteiger partial charge in [-0.1, -0.05) is 25.4 Å². The maximum atomic E-state index is 12.0. The molecule has 0 saturated heterocycles. The van der Waals surface area contributed by atoms with Crippen molar-refractivity contribution in [3.8, 4) is 5.75 Å². The molecule has 0 heterocycles. The van der Waals surface area contributed by atoms with Gasteiger partial charge in [0, 0.05) is 5.02 Å². The molecular weight excluding hydrogens is 300 g/mol. The zero-order valence-corrected chi connectivity index (χ0v) is 12.2. The van der Waals surface area contributed by atoms with E-state index in [0.29, 0.717) is 0 Å². The number of imide groups is 1. The van der Waals surface area contributed by atoms with Gasteiger partial charge in [0.25, 0.3) is 5.91 Å². The van der Waals surface area contributed by atoms with Crippen LogP contribution < -0.4 is 11.1 Å². The average molecular weight is 315 g/mol. The first-order chi connectivity index (χ1) is 9.72. The number of phenols is 1. The summed E-state index contributed by atoms with van der Waals surface area (Å²) >= 11 is 5.73. The molecule has 7 nitrogen and oxygen atoms in total. The molecule has 0 saturated carbocycles. The molecular formula is C13H15ClN2O5. The zero-order chi connectivity index (χ0) is 16.2. The van der Waals surface area contributed by atoms with E-state index in [4.69, 9.17) is 22.1 Å². The number of aromatic hydroxyl groups is 1. The zero-order valence-electron chi connectivity index (χ0n) is 11.4. The number of nitrogens with two attached hydrogens (primary N) is 1. The monoisotopic (exact) mass is 314 g/mol. The van der Waals surface area contributed by atoms with Crippen LogP contribution in [0.4, 0.5) is 4.79 Å². The van der Waals surface area contributed by atoms with Crippen LogP contribution in [0.2, 0.25) is 5.02 Å². The third-order valence-electron chi connectivity index (χ3n) is 2.52. The Labute approximate surface area is 126 Å².